The summed E-state index contributed by atoms with van der Waals surface area (Å²) in [6.45, 7) is 3.37. The number of thiazole rings is 1. The van der Waals surface area contributed by atoms with E-state index in [2.05, 4.69) is 16.4 Å². The molecule has 1 aromatic heterocycles. The molecule has 1 atom stereocenters. The predicted molar refractivity (Wildman–Crippen MR) is 98.6 cm³/mol. The molecule has 2 heterocycles. The SMILES string of the molecule is CC(=O)Nc1nc(C(=O)N2CCN(C(C#N)c3ccc(F)cc3)CC2)cs1. The average molecular weight is 387 g/mol. The van der Waals surface area contributed by atoms with Crippen LogP contribution in [-0.2, 0) is 4.79 Å². The summed E-state index contributed by atoms with van der Waals surface area (Å²) in [4.78, 5) is 31.5. The van der Waals surface area contributed by atoms with Crippen LogP contribution in [0.4, 0.5) is 9.52 Å². The maximum absolute atomic E-state index is 13.1. The van der Waals surface area contributed by atoms with E-state index in [1.54, 1.807) is 22.4 Å². The second-order valence-corrected chi connectivity index (χ2v) is 6.99. The first-order chi connectivity index (χ1) is 13.0. The van der Waals surface area contributed by atoms with Gasteiger partial charge in [0.05, 0.1) is 6.07 Å². The van der Waals surface area contributed by atoms with Gasteiger partial charge in [0.15, 0.2) is 5.13 Å². The lowest BCUT2D eigenvalue weighted by molar-refractivity contribution is -0.114. The van der Waals surface area contributed by atoms with Crippen LogP contribution in [0.2, 0.25) is 0 Å². The molecule has 9 heteroatoms. The van der Waals surface area contributed by atoms with Gasteiger partial charge in [-0.2, -0.15) is 5.26 Å². The molecule has 1 unspecified atom stereocenters. The quantitative estimate of drug-likeness (QED) is 0.869. The molecule has 1 aliphatic heterocycles. The van der Waals surface area contributed by atoms with E-state index in [0.717, 1.165) is 5.56 Å². The fourth-order valence-corrected chi connectivity index (χ4v) is 3.67. The van der Waals surface area contributed by atoms with Crippen molar-refractivity contribution >= 4 is 28.3 Å². The van der Waals surface area contributed by atoms with Crippen molar-refractivity contribution in [3.8, 4) is 6.07 Å². The minimum Gasteiger partial charge on any atom is -0.335 e. The van der Waals surface area contributed by atoms with Gasteiger partial charge in [0.25, 0.3) is 5.91 Å². The zero-order valence-electron chi connectivity index (χ0n) is 14.7. The Morgan fingerprint density at radius 1 is 1.26 bits per heavy atom. The number of halogens is 1. The molecule has 0 bridgehead atoms. The number of carbonyl (C=O) groups excluding carboxylic acids is 2. The molecule has 0 spiro atoms. The van der Waals surface area contributed by atoms with Crippen molar-refractivity contribution in [2.45, 2.75) is 13.0 Å². The van der Waals surface area contributed by atoms with Gasteiger partial charge in [-0.05, 0) is 17.7 Å². The van der Waals surface area contributed by atoms with Gasteiger partial charge in [-0.25, -0.2) is 9.37 Å². The minimum absolute atomic E-state index is 0.196. The molecule has 27 heavy (non-hydrogen) atoms. The van der Waals surface area contributed by atoms with Gasteiger partial charge in [0.1, 0.15) is 17.6 Å². The number of carbonyl (C=O) groups is 2. The maximum atomic E-state index is 13.1. The van der Waals surface area contributed by atoms with E-state index >= 15 is 0 Å². The van der Waals surface area contributed by atoms with Crippen LogP contribution in [0.25, 0.3) is 0 Å². The van der Waals surface area contributed by atoms with Crippen molar-refractivity contribution in [3.63, 3.8) is 0 Å². The summed E-state index contributed by atoms with van der Waals surface area (Å²) < 4.78 is 13.1. The molecule has 0 saturated carbocycles. The second-order valence-electron chi connectivity index (χ2n) is 6.13. The number of amides is 2. The standard InChI is InChI=1S/C18H18FN5O2S/c1-12(25)21-18-22-15(11-27-18)17(26)24-8-6-23(7-9-24)16(10-20)13-2-4-14(19)5-3-13/h2-5,11,16H,6-9H2,1H3,(H,21,22,25). The van der Waals surface area contributed by atoms with Crippen LogP contribution in [0.3, 0.4) is 0 Å². The monoisotopic (exact) mass is 387 g/mol. The largest absolute Gasteiger partial charge is 0.335 e. The van der Waals surface area contributed by atoms with Crippen molar-refractivity contribution in [2.75, 3.05) is 31.5 Å². The van der Waals surface area contributed by atoms with E-state index < -0.39 is 6.04 Å². The van der Waals surface area contributed by atoms with E-state index in [0.29, 0.717) is 37.0 Å². The summed E-state index contributed by atoms with van der Waals surface area (Å²) in [5.74, 6) is -0.772. The van der Waals surface area contributed by atoms with E-state index in [1.165, 1.54) is 30.4 Å². The molecule has 0 radical (unpaired) electrons. The van der Waals surface area contributed by atoms with Crippen LogP contribution in [-0.4, -0.2) is 52.8 Å². The molecule has 1 aromatic carbocycles. The lowest BCUT2D eigenvalue weighted by Crippen LogP contribution is -2.49. The molecule has 7 nitrogen and oxygen atoms in total. The minimum atomic E-state index is -0.478. The van der Waals surface area contributed by atoms with E-state index in [9.17, 15) is 19.2 Å². The fourth-order valence-electron chi connectivity index (χ4n) is 2.94. The molecule has 1 fully saturated rings. The number of nitriles is 1. The predicted octanol–water partition coefficient (Wildman–Crippen LogP) is 2.26. The van der Waals surface area contributed by atoms with Crippen LogP contribution in [0.1, 0.15) is 29.0 Å². The Morgan fingerprint density at radius 2 is 1.93 bits per heavy atom. The number of hydrogen-bond donors (Lipinski definition) is 1. The van der Waals surface area contributed by atoms with Crippen molar-refractivity contribution in [1.29, 1.82) is 5.26 Å². The molecule has 140 valence electrons. The third-order valence-corrected chi connectivity index (χ3v) is 5.04. The van der Waals surface area contributed by atoms with Crippen LogP contribution < -0.4 is 5.32 Å². The first-order valence-electron chi connectivity index (χ1n) is 8.39. The lowest BCUT2D eigenvalue weighted by atomic mass is 10.1. The van der Waals surface area contributed by atoms with Crippen molar-refractivity contribution < 1.29 is 14.0 Å². The van der Waals surface area contributed by atoms with Crippen LogP contribution in [0.15, 0.2) is 29.6 Å². The molecule has 2 amide bonds. The molecule has 3 rings (SSSR count). The van der Waals surface area contributed by atoms with Crippen LogP contribution in [0, 0.1) is 17.1 Å². The van der Waals surface area contributed by atoms with Gasteiger partial charge in [-0.1, -0.05) is 12.1 Å². The highest BCUT2D eigenvalue weighted by atomic mass is 32.1. The molecular formula is C18H18FN5O2S. The van der Waals surface area contributed by atoms with Crippen molar-refractivity contribution in [2.24, 2.45) is 0 Å². The van der Waals surface area contributed by atoms with Gasteiger partial charge in [0, 0.05) is 38.5 Å². The Bertz CT molecular complexity index is 869. The first-order valence-corrected chi connectivity index (χ1v) is 9.27. The van der Waals surface area contributed by atoms with E-state index in [-0.39, 0.29) is 17.6 Å². The maximum Gasteiger partial charge on any atom is 0.273 e. The number of nitrogens with zero attached hydrogens (tertiary/aromatic N) is 4. The third kappa shape index (κ3) is 4.48. The normalized spacial score (nSPS) is 15.8. The van der Waals surface area contributed by atoms with Gasteiger partial charge >= 0.3 is 0 Å². The Balaban J connectivity index is 1.61. The number of hydrogen-bond acceptors (Lipinski definition) is 6. The van der Waals surface area contributed by atoms with Gasteiger partial charge in [-0.15, -0.1) is 11.3 Å². The smallest absolute Gasteiger partial charge is 0.273 e. The second kappa shape index (κ2) is 8.24. The first kappa shape index (κ1) is 18.9. The molecular weight excluding hydrogens is 369 g/mol. The van der Waals surface area contributed by atoms with Gasteiger partial charge in [0.2, 0.25) is 5.91 Å². The van der Waals surface area contributed by atoms with E-state index in [1.807, 2.05) is 4.90 Å². The molecule has 1 aliphatic rings. The number of nitrogens with one attached hydrogen (secondary N) is 1. The van der Waals surface area contributed by atoms with E-state index in [4.69, 9.17) is 0 Å². The summed E-state index contributed by atoms with van der Waals surface area (Å²) in [5.41, 5.74) is 1.03. The van der Waals surface area contributed by atoms with Crippen LogP contribution in [0.5, 0.6) is 0 Å². The Morgan fingerprint density at radius 3 is 2.52 bits per heavy atom. The van der Waals surface area contributed by atoms with Gasteiger partial charge in [-0.3, -0.25) is 14.5 Å². The number of aromatic nitrogens is 1. The zero-order chi connectivity index (χ0) is 19.4. The van der Waals surface area contributed by atoms with Crippen molar-refractivity contribution in [3.05, 3.63) is 46.7 Å². The summed E-state index contributed by atoms with van der Waals surface area (Å²) in [7, 11) is 0. The topological polar surface area (TPSA) is 89.3 Å². The van der Waals surface area contributed by atoms with Crippen LogP contribution >= 0.6 is 11.3 Å². The molecule has 1 N–H and O–H groups in total. The highest BCUT2D eigenvalue weighted by Gasteiger charge is 2.28. The van der Waals surface area contributed by atoms with Gasteiger partial charge < -0.3 is 10.2 Å². The number of benzene rings is 1. The summed E-state index contributed by atoms with van der Waals surface area (Å²) in [6, 6.07) is 7.68. The molecule has 1 saturated heterocycles. The molecule has 2 aromatic rings. The average Bonchev–Trinajstić information content (AvgIpc) is 3.11. The highest BCUT2D eigenvalue weighted by Crippen LogP contribution is 2.23. The third-order valence-electron chi connectivity index (χ3n) is 4.28. The Hall–Kier alpha value is -2.83. The lowest BCUT2D eigenvalue weighted by Gasteiger charge is -2.36. The Kier molecular flexibility index (Phi) is 5.78. The summed E-state index contributed by atoms with van der Waals surface area (Å²) in [5, 5.41) is 14.1. The highest BCUT2D eigenvalue weighted by molar-refractivity contribution is 7.14. The Labute approximate surface area is 160 Å². The summed E-state index contributed by atoms with van der Waals surface area (Å²) >= 11 is 1.20. The fraction of sp³-hybridized carbons (Fsp3) is 0.333. The number of rotatable bonds is 4. The zero-order valence-corrected chi connectivity index (χ0v) is 15.5. The molecule has 0 aliphatic carbocycles. The van der Waals surface area contributed by atoms with Crippen molar-refractivity contribution in [1.82, 2.24) is 14.8 Å². The number of piperazine rings is 1. The number of anilines is 1. The summed E-state index contributed by atoms with van der Waals surface area (Å²) in [6.07, 6.45) is 0.